The summed E-state index contributed by atoms with van der Waals surface area (Å²) in [6.45, 7) is 5.92. The van der Waals surface area contributed by atoms with Crippen molar-refractivity contribution in [3.63, 3.8) is 0 Å². The molecule has 1 aromatic rings. The lowest BCUT2D eigenvalue weighted by Crippen LogP contribution is -2.44. The van der Waals surface area contributed by atoms with Gasteiger partial charge in [-0.15, -0.1) is 0 Å². The number of likely N-dealkylation sites (N-methyl/N-ethyl adjacent to an activating group) is 1. The van der Waals surface area contributed by atoms with Crippen LogP contribution in [0.5, 0.6) is 0 Å². The highest BCUT2D eigenvalue weighted by Crippen LogP contribution is 2.29. The summed E-state index contributed by atoms with van der Waals surface area (Å²) >= 11 is 0. The molecule has 6 heteroatoms. The van der Waals surface area contributed by atoms with E-state index in [0.29, 0.717) is 24.7 Å². The second-order valence-electron chi connectivity index (χ2n) is 11.0. The fourth-order valence-corrected chi connectivity index (χ4v) is 5.10. The van der Waals surface area contributed by atoms with Crippen molar-refractivity contribution in [1.29, 1.82) is 0 Å². The van der Waals surface area contributed by atoms with E-state index < -0.39 is 0 Å². The first-order valence-corrected chi connectivity index (χ1v) is 14.3. The van der Waals surface area contributed by atoms with Crippen LogP contribution < -0.4 is 5.32 Å². The number of benzene rings is 1. The molecule has 2 atom stereocenters. The fraction of sp³-hybridized carbons (Fsp3) is 0.700. The van der Waals surface area contributed by atoms with E-state index in [2.05, 4.69) is 10.2 Å². The van der Waals surface area contributed by atoms with E-state index in [-0.39, 0.29) is 36.0 Å². The lowest BCUT2D eigenvalue weighted by molar-refractivity contribution is -0.133. The summed E-state index contributed by atoms with van der Waals surface area (Å²) in [6, 6.07) is 8.20. The predicted octanol–water partition coefficient (Wildman–Crippen LogP) is 5.17. The number of amides is 2. The quantitative estimate of drug-likeness (QED) is 0.511. The smallest absolute Gasteiger partial charge is 0.251 e. The molecule has 6 nitrogen and oxygen atoms in total. The van der Waals surface area contributed by atoms with Gasteiger partial charge in [0.25, 0.3) is 5.91 Å². The summed E-state index contributed by atoms with van der Waals surface area (Å²) in [5.41, 5.74) is 1.66. The van der Waals surface area contributed by atoms with Gasteiger partial charge in [0.15, 0.2) is 5.78 Å². The van der Waals surface area contributed by atoms with Crippen LogP contribution in [0.25, 0.3) is 0 Å². The van der Waals surface area contributed by atoms with Crippen LogP contribution in [0.2, 0.25) is 0 Å². The second-order valence-corrected chi connectivity index (χ2v) is 11.0. The maximum atomic E-state index is 12.7. The Bertz CT molecular complexity index is 851. The summed E-state index contributed by atoms with van der Waals surface area (Å²) in [4.78, 5) is 41.4. The van der Waals surface area contributed by atoms with Gasteiger partial charge in [-0.1, -0.05) is 64.5 Å². The molecule has 1 saturated heterocycles. The zero-order valence-electron chi connectivity index (χ0n) is 22.8. The molecule has 2 saturated carbocycles. The van der Waals surface area contributed by atoms with E-state index in [1.165, 1.54) is 51.4 Å². The molecule has 2 unspecified atom stereocenters. The molecular weight excluding hydrogens is 450 g/mol. The van der Waals surface area contributed by atoms with Crippen LogP contribution >= 0.6 is 0 Å². The molecule has 2 amide bonds. The monoisotopic (exact) mass is 497 g/mol. The topological polar surface area (TPSA) is 69.7 Å². The maximum absolute atomic E-state index is 12.7. The molecule has 1 aromatic carbocycles. The molecule has 1 heterocycles. The normalized spacial score (nSPS) is 20.8. The van der Waals surface area contributed by atoms with Gasteiger partial charge in [0.05, 0.1) is 13.1 Å². The fourth-order valence-electron chi connectivity index (χ4n) is 5.10. The molecular formula is C30H47N3O3. The number of likely N-dealkylation sites (tertiary alicyclic amines) is 1. The Balaban J connectivity index is 0.000000526. The van der Waals surface area contributed by atoms with Crippen LogP contribution in [0.15, 0.2) is 24.3 Å². The van der Waals surface area contributed by atoms with E-state index in [9.17, 15) is 14.4 Å². The summed E-state index contributed by atoms with van der Waals surface area (Å²) in [7, 11) is 2.03. The Morgan fingerprint density at radius 1 is 1.03 bits per heavy atom. The molecule has 2 aliphatic carbocycles. The predicted molar refractivity (Wildman–Crippen MR) is 145 cm³/mol. The number of rotatable bonds is 9. The Morgan fingerprint density at radius 2 is 1.69 bits per heavy atom. The van der Waals surface area contributed by atoms with Crippen LogP contribution in [0.4, 0.5) is 0 Å². The number of hydrogen-bond donors (Lipinski definition) is 1. The number of Topliss-reactive ketones (excluding diaryl/α,β-unsaturated/α-hetero) is 1. The zero-order chi connectivity index (χ0) is 25.9. The van der Waals surface area contributed by atoms with Crippen molar-refractivity contribution in [2.45, 2.75) is 96.4 Å². The highest BCUT2D eigenvalue weighted by molar-refractivity contribution is 5.97. The third-order valence-electron chi connectivity index (χ3n) is 8.03. The van der Waals surface area contributed by atoms with E-state index >= 15 is 0 Å². The van der Waals surface area contributed by atoms with Gasteiger partial charge in [0.2, 0.25) is 5.91 Å². The summed E-state index contributed by atoms with van der Waals surface area (Å²) in [5.74, 6) is 0.235. The number of piperidine rings is 1. The standard InChI is InChI=1S/C24H35N3O3.C6H12/c1-4-17(2)22(28)14-25-24(30)19-8-5-7-18(13-19)20-9-6-12-27(15-20)23(29)16-26(3)21-10-11-21;1-2-4-6-5-3-1/h5,7-8,13,17,20-21H,4,6,9-12,14-16H2,1-3H3,(H,25,30);1-6H2. The second kappa shape index (κ2) is 14.5. The molecule has 3 fully saturated rings. The Kier molecular flexibility index (Phi) is 11.4. The molecule has 4 rings (SSSR count). The molecule has 0 aromatic heterocycles. The van der Waals surface area contributed by atoms with Gasteiger partial charge in [-0.3, -0.25) is 19.3 Å². The van der Waals surface area contributed by atoms with Crippen LogP contribution in [0.3, 0.4) is 0 Å². The van der Waals surface area contributed by atoms with Crippen LogP contribution in [0.1, 0.15) is 106 Å². The number of nitrogens with one attached hydrogen (secondary N) is 1. The number of carbonyl (C=O) groups excluding carboxylic acids is 3. The molecule has 36 heavy (non-hydrogen) atoms. The Labute approximate surface area is 218 Å². The average molecular weight is 498 g/mol. The largest absolute Gasteiger partial charge is 0.345 e. The van der Waals surface area contributed by atoms with Crippen molar-refractivity contribution < 1.29 is 14.4 Å². The van der Waals surface area contributed by atoms with E-state index in [1.807, 2.05) is 44.0 Å². The van der Waals surface area contributed by atoms with Gasteiger partial charge in [-0.25, -0.2) is 0 Å². The lowest BCUT2D eigenvalue weighted by Gasteiger charge is -2.34. The first kappa shape index (κ1) is 28.4. The minimum Gasteiger partial charge on any atom is -0.345 e. The van der Waals surface area contributed by atoms with Gasteiger partial charge in [-0.05, 0) is 56.8 Å². The van der Waals surface area contributed by atoms with Crippen molar-refractivity contribution in [3.05, 3.63) is 35.4 Å². The van der Waals surface area contributed by atoms with Crippen LogP contribution in [0, 0.1) is 5.92 Å². The Morgan fingerprint density at radius 3 is 2.31 bits per heavy atom. The maximum Gasteiger partial charge on any atom is 0.251 e. The highest BCUT2D eigenvalue weighted by Gasteiger charge is 2.30. The zero-order valence-corrected chi connectivity index (χ0v) is 22.8. The Hall–Kier alpha value is -2.21. The van der Waals surface area contributed by atoms with Crippen LogP contribution in [-0.2, 0) is 9.59 Å². The SMILES string of the molecule is C1CCCCC1.CCC(C)C(=O)CNC(=O)c1cccc(C2CCCN(C(=O)CN(C)C3CC3)C2)c1. The van der Waals surface area contributed by atoms with Crippen molar-refractivity contribution in [2.75, 3.05) is 33.2 Å². The number of hydrogen-bond acceptors (Lipinski definition) is 4. The van der Waals surface area contributed by atoms with Crippen molar-refractivity contribution in [1.82, 2.24) is 15.1 Å². The van der Waals surface area contributed by atoms with Gasteiger partial charge in [0.1, 0.15) is 0 Å². The van der Waals surface area contributed by atoms with Crippen molar-refractivity contribution >= 4 is 17.6 Å². The van der Waals surface area contributed by atoms with Gasteiger partial charge >= 0.3 is 0 Å². The molecule has 200 valence electrons. The van der Waals surface area contributed by atoms with Gasteiger partial charge in [-0.2, -0.15) is 0 Å². The third-order valence-corrected chi connectivity index (χ3v) is 8.03. The lowest BCUT2D eigenvalue weighted by atomic mass is 9.89. The molecule has 1 aliphatic heterocycles. The first-order chi connectivity index (χ1) is 17.4. The summed E-state index contributed by atoms with van der Waals surface area (Å²) < 4.78 is 0. The van der Waals surface area contributed by atoms with Crippen LogP contribution in [-0.4, -0.2) is 66.7 Å². The number of nitrogens with zero attached hydrogens (tertiary/aromatic N) is 2. The summed E-state index contributed by atoms with van der Waals surface area (Å²) in [5, 5.41) is 2.75. The third kappa shape index (κ3) is 9.02. The summed E-state index contributed by atoms with van der Waals surface area (Å²) in [6.07, 6.45) is 14.2. The molecule has 3 aliphatic rings. The first-order valence-electron chi connectivity index (χ1n) is 14.3. The average Bonchev–Trinajstić information content (AvgIpc) is 3.78. The van der Waals surface area contributed by atoms with E-state index in [1.54, 1.807) is 6.07 Å². The number of ketones is 1. The minimum atomic E-state index is -0.219. The molecule has 0 radical (unpaired) electrons. The van der Waals surface area contributed by atoms with Crippen molar-refractivity contribution in [3.8, 4) is 0 Å². The van der Waals surface area contributed by atoms with E-state index in [4.69, 9.17) is 0 Å². The van der Waals surface area contributed by atoms with E-state index in [0.717, 1.165) is 31.4 Å². The minimum absolute atomic E-state index is 0.0404. The molecule has 0 spiro atoms. The molecule has 0 bridgehead atoms. The van der Waals surface area contributed by atoms with Gasteiger partial charge < -0.3 is 10.2 Å². The molecule has 1 N–H and O–H groups in total. The van der Waals surface area contributed by atoms with Gasteiger partial charge in [0, 0.05) is 36.5 Å². The number of carbonyl (C=O) groups is 3. The highest BCUT2D eigenvalue weighted by atomic mass is 16.2. The van der Waals surface area contributed by atoms with Crippen molar-refractivity contribution in [2.24, 2.45) is 5.92 Å².